The summed E-state index contributed by atoms with van der Waals surface area (Å²) in [6, 6.07) is -0.929. The number of carboxylic acid groups (broad SMARTS) is 1. The van der Waals surface area contributed by atoms with Crippen LogP contribution in [0.5, 0.6) is 0 Å². The van der Waals surface area contributed by atoms with Gasteiger partial charge in [-0.2, -0.15) is 0 Å². The second-order valence-corrected chi connectivity index (χ2v) is 4.91. The molecule has 5 nitrogen and oxygen atoms in total. The predicted molar refractivity (Wildman–Crippen MR) is 64.3 cm³/mol. The van der Waals surface area contributed by atoms with Gasteiger partial charge in [-0.05, 0) is 18.8 Å². The third-order valence-electron chi connectivity index (χ3n) is 3.68. The van der Waals surface area contributed by atoms with Crippen molar-refractivity contribution in [2.75, 3.05) is 0 Å². The Bertz CT molecular complexity index is 293. The van der Waals surface area contributed by atoms with Crippen molar-refractivity contribution in [3.63, 3.8) is 0 Å². The zero-order chi connectivity index (χ0) is 13.0. The van der Waals surface area contributed by atoms with E-state index in [4.69, 9.17) is 10.8 Å². The lowest BCUT2D eigenvalue weighted by Crippen LogP contribution is -2.49. The predicted octanol–water partition coefficient (Wildman–Crippen LogP) is 0.729. The van der Waals surface area contributed by atoms with Crippen LogP contribution in [-0.2, 0) is 9.59 Å². The molecule has 3 unspecified atom stereocenters. The Labute approximate surface area is 102 Å². The van der Waals surface area contributed by atoms with Crippen LogP contribution < -0.4 is 11.1 Å². The van der Waals surface area contributed by atoms with Gasteiger partial charge in [-0.3, -0.25) is 4.79 Å². The van der Waals surface area contributed by atoms with E-state index < -0.39 is 12.0 Å². The van der Waals surface area contributed by atoms with Crippen molar-refractivity contribution in [2.45, 2.75) is 51.6 Å². The summed E-state index contributed by atoms with van der Waals surface area (Å²) >= 11 is 0. The summed E-state index contributed by atoms with van der Waals surface area (Å²) in [6.07, 6.45) is 3.27. The van der Waals surface area contributed by atoms with Gasteiger partial charge in [-0.1, -0.05) is 26.7 Å². The third kappa shape index (κ3) is 3.43. The minimum absolute atomic E-state index is 0.0749. The molecule has 0 radical (unpaired) electrons. The second kappa shape index (κ2) is 6.00. The highest BCUT2D eigenvalue weighted by molar-refractivity contribution is 5.85. The van der Waals surface area contributed by atoms with Crippen molar-refractivity contribution in [1.82, 2.24) is 5.32 Å². The molecular weight excluding hydrogens is 220 g/mol. The molecule has 0 aliphatic heterocycles. The second-order valence-electron chi connectivity index (χ2n) is 4.91. The zero-order valence-electron chi connectivity index (χ0n) is 10.5. The van der Waals surface area contributed by atoms with Crippen molar-refractivity contribution >= 4 is 11.9 Å². The molecule has 1 amide bonds. The molecular formula is C12H22N2O3. The molecule has 5 heteroatoms. The fourth-order valence-corrected chi connectivity index (χ4v) is 2.26. The van der Waals surface area contributed by atoms with E-state index in [1.807, 2.05) is 13.8 Å². The number of hydrogen-bond acceptors (Lipinski definition) is 3. The van der Waals surface area contributed by atoms with Gasteiger partial charge in [0.1, 0.15) is 6.04 Å². The van der Waals surface area contributed by atoms with Gasteiger partial charge in [0.15, 0.2) is 0 Å². The lowest BCUT2D eigenvalue weighted by Gasteiger charge is -2.23. The molecule has 1 saturated carbocycles. The Balaban J connectivity index is 2.61. The first-order valence-electron chi connectivity index (χ1n) is 6.26. The highest BCUT2D eigenvalue weighted by Gasteiger charge is 2.33. The quantitative estimate of drug-likeness (QED) is 0.662. The van der Waals surface area contributed by atoms with Gasteiger partial charge in [0, 0.05) is 6.04 Å². The maximum Gasteiger partial charge on any atom is 0.326 e. The summed E-state index contributed by atoms with van der Waals surface area (Å²) in [6.45, 7) is 3.74. The average molecular weight is 242 g/mol. The number of aliphatic carboxylic acids is 1. The number of rotatable bonds is 5. The Morgan fingerprint density at radius 3 is 2.53 bits per heavy atom. The van der Waals surface area contributed by atoms with Crippen LogP contribution in [0.4, 0.5) is 0 Å². The van der Waals surface area contributed by atoms with Crippen LogP contribution in [0.25, 0.3) is 0 Å². The minimum atomic E-state index is -0.973. The van der Waals surface area contributed by atoms with Crippen LogP contribution in [0.3, 0.4) is 0 Å². The van der Waals surface area contributed by atoms with Gasteiger partial charge < -0.3 is 16.2 Å². The number of nitrogens with two attached hydrogens (primary N) is 1. The van der Waals surface area contributed by atoms with Crippen molar-refractivity contribution in [2.24, 2.45) is 17.6 Å². The first-order chi connectivity index (χ1) is 7.97. The first-order valence-corrected chi connectivity index (χ1v) is 6.26. The normalized spacial score (nSPS) is 27.5. The molecule has 4 atom stereocenters. The molecule has 98 valence electrons. The van der Waals surface area contributed by atoms with Crippen molar-refractivity contribution in [3.05, 3.63) is 0 Å². The van der Waals surface area contributed by atoms with E-state index in [9.17, 15) is 9.59 Å². The maximum absolute atomic E-state index is 11.9. The number of nitrogens with one attached hydrogen (secondary N) is 1. The summed E-state index contributed by atoms with van der Waals surface area (Å²) in [5.41, 5.74) is 5.83. The van der Waals surface area contributed by atoms with E-state index in [0.717, 1.165) is 19.3 Å². The maximum atomic E-state index is 11.9. The van der Waals surface area contributed by atoms with Crippen molar-refractivity contribution < 1.29 is 14.7 Å². The first kappa shape index (κ1) is 14.0. The van der Waals surface area contributed by atoms with Gasteiger partial charge >= 0.3 is 5.97 Å². The average Bonchev–Trinajstić information content (AvgIpc) is 2.70. The molecule has 0 aromatic carbocycles. The monoisotopic (exact) mass is 242 g/mol. The van der Waals surface area contributed by atoms with E-state index in [1.54, 1.807) is 0 Å². The Hall–Kier alpha value is -1.10. The highest BCUT2D eigenvalue weighted by Crippen LogP contribution is 2.24. The van der Waals surface area contributed by atoms with Crippen LogP contribution in [0.2, 0.25) is 0 Å². The van der Waals surface area contributed by atoms with E-state index in [0.29, 0.717) is 6.42 Å². The molecule has 1 rings (SSSR count). The molecule has 0 aromatic rings. The van der Waals surface area contributed by atoms with Crippen molar-refractivity contribution in [1.29, 1.82) is 0 Å². The van der Waals surface area contributed by atoms with Crippen LogP contribution in [0.15, 0.2) is 0 Å². The van der Waals surface area contributed by atoms with E-state index in [-0.39, 0.29) is 23.8 Å². The Morgan fingerprint density at radius 2 is 2.12 bits per heavy atom. The summed E-state index contributed by atoms with van der Waals surface area (Å²) in [5, 5.41) is 11.7. The SMILES string of the molecule is CCC(C)[C@H](NC(=O)C1CCCC1N)C(=O)O. The topological polar surface area (TPSA) is 92.4 Å². The fraction of sp³-hybridized carbons (Fsp3) is 0.833. The lowest BCUT2D eigenvalue weighted by atomic mass is 9.97. The molecule has 0 saturated heterocycles. The molecule has 1 fully saturated rings. The third-order valence-corrected chi connectivity index (χ3v) is 3.68. The summed E-state index contributed by atoms with van der Waals surface area (Å²) < 4.78 is 0. The summed E-state index contributed by atoms with van der Waals surface area (Å²) in [5.74, 6) is -1.48. The molecule has 0 spiro atoms. The van der Waals surface area contributed by atoms with Crippen LogP contribution in [0, 0.1) is 11.8 Å². The number of carbonyl (C=O) groups is 2. The smallest absolute Gasteiger partial charge is 0.326 e. The lowest BCUT2D eigenvalue weighted by molar-refractivity contribution is -0.144. The molecule has 1 aliphatic carbocycles. The Morgan fingerprint density at radius 1 is 1.47 bits per heavy atom. The molecule has 0 aromatic heterocycles. The number of carbonyl (C=O) groups excluding carboxylic acids is 1. The number of amides is 1. The fourth-order valence-electron chi connectivity index (χ4n) is 2.26. The van der Waals surface area contributed by atoms with Crippen molar-refractivity contribution in [3.8, 4) is 0 Å². The van der Waals surface area contributed by atoms with Gasteiger partial charge in [-0.15, -0.1) is 0 Å². The summed E-state index contributed by atoms with van der Waals surface area (Å²) in [7, 11) is 0. The van der Waals surface area contributed by atoms with E-state index in [2.05, 4.69) is 5.32 Å². The van der Waals surface area contributed by atoms with Gasteiger partial charge in [0.25, 0.3) is 0 Å². The minimum Gasteiger partial charge on any atom is -0.480 e. The molecule has 0 heterocycles. The molecule has 17 heavy (non-hydrogen) atoms. The van der Waals surface area contributed by atoms with Crippen LogP contribution in [-0.4, -0.2) is 29.1 Å². The molecule has 1 aliphatic rings. The Kier molecular flexibility index (Phi) is 4.93. The standard InChI is InChI=1S/C12H22N2O3/c1-3-7(2)10(12(16)17)14-11(15)8-5-4-6-9(8)13/h7-10H,3-6,13H2,1-2H3,(H,14,15)(H,16,17)/t7?,8?,9?,10-/m0/s1. The number of carboxylic acids is 1. The number of hydrogen-bond donors (Lipinski definition) is 3. The van der Waals surface area contributed by atoms with Gasteiger partial charge in [0.05, 0.1) is 5.92 Å². The van der Waals surface area contributed by atoms with Crippen LogP contribution >= 0.6 is 0 Å². The van der Waals surface area contributed by atoms with Gasteiger partial charge in [-0.25, -0.2) is 4.79 Å². The largest absolute Gasteiger partial charge is 0.480 e. The zero-order valence-corrected chi connectivity index (χ0v) is 10.5. The molecule has 4 N–H and O–H groups in total. The van der Waals surface area contributed by atoms with Crippen LogP contribution in [0.1, 0.15) is 39.5 Å². The van der Waals surface area contributed by atoms with E-state index in [1.165, 1.54) is 0 Å². The highest BCUT2D eigenvalue weighted by atomic mass is 16.4. The van der Waals surface area contributed by atoms with E-state index >= 15 is 0 Å². The molecule has 0 bridgehead atoms. The van der Waals surface area contributed by atoms with Gasteiger partial charge in [0.2, 0.25) is 5.91 Å². The summed E-state index contributed by atoms with van der Waals surface area (Å²) in [4.78, 5) is 23.0.